The summed E-state index contributed by atoms with van der Waals surface area (Å²) in [6.45, 7) is 1.03. The van der Waals surface area contributed by atoms with Crippen LogP contribution in [0.1, 0.15) is 69.3 Å². The molecule has 7 heteroatoms. The van der Waals surface area contributed by atoms with Gasteiger partial charge in [-0.2, -0.15) is 0 Å². The average Bonchev–Trinajstić information content (AvgIpc) is 3.51. The number of para-hydroxylation sites is 1. The van der Waals surface area contributed by atoms with Gasteiger partial charge in [-0.3, -0.25) is 4.79 Å². The minimum absolute atomic E-state index is 0.117. The Hall–Kier alpha value is -1.60. The molecule has 1 amide bonds. The third kappa shape index (κ3) is 3.79. The molecule has 2 aliphatic heterocycles. The van der Waals surface area contributed by atoms with Crippen molar-refractivity contribution in [3.05, 3.63) is 29.8 Å². The van der Waals surface area contributed by atoms with Crippen molar-refractivity contribution < 1.29 is 17.9 Å². The van der Waals surface area contributed by atoms with Gasteiger partial charge < -0.3 is 10.1 Å². The van der Waals surface area contributed by atoms with Crippen molar-refractivity contribution in [3.63, 3.8) is 0 Å². The van der Waals surface area contributed by atoms with Gasteiger partial charge in [0.2, 0.25) is 15.9 Å². The quantitative estimate of drug-likeness (QED) is 0.798. The second kappa shape index (κ2) is 7.27. The van der Waals surface area contributed by atoms with E-state index in [0.29, 0.717) is 38.4 Å². The average molecular weight is 419 g/mol. The Morgan fingerprint density at radius 3 is 2.52 bits per heavy atom. The molecule has 0 unspecified atom stereocenters. The topological polar surface area (TPSA) is 75.7 Å². The Bertz CT molecular complexity index is 884. The summed E-state index contributed by atoms with van der Waals surface area (Å²) >= 11 is 0. The monoisotopic (exact) mass is 418 g/mol. The van der Waals surface area contributed by atoms with Crippen molar-refractivity contribution in [1.82, 2.24) is 9.62 Å². The number of nitrogens with one attached hydrogen (secondary N) is 1. The summed E-state index contributed by atoms with van der Waals surface area (Å²) in [7, 11) is -3.13. The molecule has 1 aromatic rings. The number of piperidine rings is 1. The third-order valence-electron chi connectivity index (χ3n) is 7.14. The maximum absolute atomic E-state index is 12.6. The normalized spacial score (nSPS) is 27.0. The molecule has 1 aromatic carbocycles. The summed E-state index contributed by atoms with van der Waals surface area (Å²) in [6, 6.07) is 8.37. The summed E-state index contributed by atoms with van der Waals surface area (Å²) in [4.78, 5) is 12.6. The van der Waals surface area contributed by atoms with Crippen LogP contribution >= 0.6 is 0 Å². The van der Waals surface area contributed by atoms with Gasteiger partial charge in [0.15, 0.2) is 0 Å². The van der Waals surface area contributed by atoms with E-state index in [0.717, 1.165) is 43.4 Å². The summed E-state index contributed by atoms with van der Waals surface area (Å²) < 4.78 is 33.3. The van der Waals surface area contributed by atoms with E-state index in [9.17, 15) is 13.2 Å². The Kier molecular flexibility index (Phi) is 4.86. The van der Waals surface area contributed by atoms with E-state index in [1.807, 2.05) is 18.2 Å². The van der Waals surface area contributed by atoms with Gasteiger partial charge in [0.1, 0.15) is 11.4 Å². The molecule has 2 heterocycles. The Labute approximate surface area is 173 Å². The smallest absolute Gasteiger partial charge is 0.220 e. The van der Waals surface area contributed by atoms with Crippen LogP contribution in [-0.2, 0) is 14.8 Å². The number of carbonyl (C=O) groups excluding carboxylic acids is 1. The van der Waals surface area contributed by atoms with Gasteiger partial charge in [0.05, 0.1) is 5.25 Å². The van der Waals surface area contributed by atoms with Gasteiger partial charge in [-0.15, -0.1) is 0 Å². The molecule has 0 radical (unpaired) electrons. The SMILES string of the molecule is O=C(C[C@H]1CC2(CCN(S(=O)(=O)C3CC3)CC2)Oc2ccccc21)NC1CCC1. The minimum Gasteiger partial charge on any atom is -0.487 e. The minimum atomic E-state index is -3.13. The zero-order valence-corrected chi connectivity index (χ0v) is 17.6. The first-order valence-corrected chi connectivity index (χ1v) is 12.5. The van der Waals surface area contributed by atoms with Gasteiger partial charge in [-0.05, 0) is 50.2 Å². The molecule has 29 heavy (non-hydrogen) atoms. The second-order valence-corrected chi connectivity index (χ2v) is 11.5. The molecule has 1 N–H and O–H groups in total. The number of rotatable bonds is 5. The molecule has 0 aromatic heterocycles. The highest BCUT2D eigenvalue weighted by Crippen LogP contribution is 2.47. The lowest BCUT2D eigenvalue weighted by molar-refractivity contribution is -0.123. The van der Waals surface area contributed by atoms with Gasteiger partial charge in [0.25, 0.3) is 0 Å². The van der Waals surface area contributed by atoms with E-state index < -0.39 is 10.0 Å². The van der Waals surface area contributed by atoms with Crippen molar-refractivity contribution in [3.8, 4) is 5.75 Å². The molecular formula is C22H30N2O4S. The van der Waals surface area contributed by atoms with Crippen molar-refractivity contribution in [2.45, 2.75) is 80.6 Å². The van der Waals surface area contributed by atoms with Crippen LogP contribution in [-0.4, -0.2) is 48.6 Å². The standard InChI is InChI=1S/C22H30N2O4S/c25-21(23-17-4-3-5-17)14-16-15-22(28-20-7-2-1-6-19(16)20)10-12-24(13-11-22)29(26,27)18-8-9-18/h1-2,6-7,16-18H,3-5,8-15H2,(H,23,25)/t16-/m0/s1. The highest BCUT2D eigenvalue weighted by Gasteiger charge is 2.48. The molecule has 2 saturated carbocycles. The highest BCUT2D eigenvalue weighted by atomic mass is 32.2. The van der Waals surface area contributed by atoms with E-state index in [2.05, 4.69) is 11.4 Å². The summed E-state index contributed by atoms with van der Waals surface area (Å²) in [5.74, 6) is 1.10. The zero-order valence-electron chi connectivity index (χ0n) is 16.8. The van der Waals surface area contributed by atoms with Crippen molar-refractivity contribution in [1.29, 1.82) is 0 Å². The summed E-state index contributed by atoms with van der Waals surface area (Å²) in [5, 5.41) is 3.01. The number of ether oxygens (including phenoxy) is 1. The number of hydrogen-bond donors (Lipinski definition) is 1. The number of fused-ring (bicyclic) bond motifs is 1. The highest BCUT2D eigenvalue weighted by molar-refractivity contribution is 7.90. The van der Waals surface area contributed by atoms with Gasteiger partial charge in [-0.1, -0.05) is 18.2 Å². The first-order valence-electron chi connectivity index (χ1n) is 11.0. The number of hydrogen-bond acceptors (Lipinski definition) is 4. The van der Waals surface area contributed by atoms with Crippen molar-refractivity contribution >= 4 is 15.9 Å². The van der Waals surface area contributed by atoms with Crippen LogP contribution in [0.5, 0.6) is 5.75 Å². The number of benzene rings is 1. The first-order chi connectivity index (χ1) is 14.0. The van der Waals surface area contributed by atoms with Crippen LogP contribution in [0.25, 0.3) is 0 Å². The molecule has 1 atom stereocenters. The fraction of sp³-hybridized carbons (Fsp3) is 0.682. The lowest BCUT2D eigenvalue weighted by Gasteiger charge is -2.46. The lowest BCUT2D eigenvalue weighted by atomic mass is 9.76. The fourth-order valence-electron chi connectivity index (χ4n) is 5.02. The van der Waals surface area contributed by atoms with Gasteiger partial charge in [-0.25, -0.2) is 12.7 Å². The maximum atomic E-state index is 12.6. The molecular weight excluding hydrogens is 388 g/mol. The van der Waals surface area contributed by atoms with Crippen molar-refractivity contribution in [2.24, 2.45) is 0 Å². The Morgan fingerprint density at radius 2 is 1.86 bits per heavy atom. The molecule has 2 aliphatic carbocycles. The molecule has 5 rings (SSSR count). The number of sulfonamides is 1. The fourth-order valence-corrected chi connectivity index (χ4v) is 6.87. The Balaban J connectivity index is 1.31. The molecule has 0 bridgehead atoms. The number of nitrogens with zero attached hydrogens (tertiary/aromatic N) is 1. The maximum Gasteiger partial charge on any atom is 0.220 e. The lowest BCUT2D eigenvalue weighted by Crippen LogP contribution is -2.52. The molecule has 4 aliphatic rings. The Morgan fingerprint density at radius 1 is 1.14 bits per heavy atom. The van der Waals surface area contributed by atoms with E-state index in [-0.39, 0.29) is 22.7 Å². The summed E-state index contributed by atoms with van der Waals surface area (Å²) in [5.41, 5.74) is 0.737. The predicted molar refractivity (Wildman–Crippen MR) is 110 cm³/mol. The zero-order chi connectivity index (χ0) is 20.1. The molecule has 1 saturated heterocycles. The first kappa shape index (κ1) is 19.4. The predicted octanol–water partition coefficient (Wildman–Crippen LogP) is 2.94. The van der Waals surface area contributed by atoms with Crippen LogP contribution in [0.2, 0.25) is 0 Å². The van der Waals surface area contributed by atoms with E-state index in [4.69, 9.17) is 4.74 Å². The van der Waals surface area contributed by atoms with E-state index in [1.54, 1.807) is 4.31 Å². The van der Waals surface area contributed by atoms with Crippen molar-refractivity contribution in [2.75, 3.05) is 13.1 Å². The number of carbonyl (C=O) groups is 1. The van der Waals surface area contributed by atoms with Crippen LogP contribution in [0.15, 0.2) is 24.3 Å². The molecule has 6 nitrogen and oxygen atoms in total. The number of amides is 1. The van der Waals surface area contributed by atoms with Crippen LogP contribution in [0.4, 0.5) is 0 Å². The van der Waals surface area contributed by atoms with E-state index in [1.165, 1.54) is 6.42 Å². The molecule has 3 fully saturated rings. The van der Waals surface area contributed by atoms with E-state index >= 15 is 0 Å². The molecule has 158 valence electrons. The molecule has 1 spiro atoms. The largest absolute Gasteiger partial charge is 0.487 e. The second-order valence-electron chi connectivity index (χ2n) is 9.27. The van der Waals surface area contributed by atoms with Crippen LogP contribution in [0.3, 0.4) is 0 Å². The summed E-state index contributed by atoms with van der Waals surface area (Å²) in [6.07, 6.45) is 7.60. The van der Waals surface area contributed by atoms with Crippen LogP contribution < -0.4 is 10.1 Å². The van der Waals surface area contributed by atoms with Gasteiger partial charge in [0, 0.05) is 44.3 Å². The third-order valence-corrected chi connectivity index (χ3v) is 9.54. The van der Waals surface area contributed by atoms with Crippen LogP contribution in [0, 0.1) is 0 Å². The van der Waals surface area contributed by atoms with Gasteiger partial charge >= 0.3 is 0 Å².